The summed E-state index contributed by atoms with van der Waals surface area (Å²) in [4.78, 5) is 18.3. The Morgan fingerprint density at radius 1 is 1.13 bits per heavy atom. The van der Waals surface area contributed by atoms with E-state index in [2.05, 4.69) is 19.6 Å². The first kappa shape index (κ1) is 14.9. The lowest BCUT2D eigenvalue weighted by Crippen LogP contribution is -2.08. The molecule has 0 radical (unpaired) electrons. The second kappa shape index (κ2) is 5.34. The van der Waals surface area contributed by atoms with Crippen LogP contribution in [0.15, 0.2) is 45.8 Å². The molecule has 23 heavy (non-hydrogen) atoms. The average molecular weight is 325 g/mol. The Hall–Kier alpha value is -2.97. The number of aromatic amines is 1. The van der Waals surface area contributed by atoms with Crippen molar-refractivity contribution in [1.29, 1.82) is 0 Å². The van der Waals surface area contributed by atoms with E-state index in [0.29, 0.717) is 6.07 Å². The minimum absolute atomic E-state index is 0.0208. The molecule has 0 saturated heterocycles. The molecule has 1 N–H and O–H groups in total. The van der Waals surface area contributed by atoms with Crippen molar-refractivity contribution in [3.8, 4) is 22.6 Å². The van der Waals surface area contributed by atoms with Crippen molar-refractivity contribution in [2.24, 2.45) is 0 Å². The molecular weight excluding hydrogens is 318 g/mol. The maximum absolute atomic E-state index is 13.2. The lowest BCUT2D eigenvalue weighted by atomic mass is 9.99. The van der Waals surface area contributed by atoms with Gasteiger partial charge in [0, 0.05) is 6.20 Å². The highest BCUT2D eigenvalue weighted by Gasteiger charge is 2.34. The fourth-order valence-corrected chi connectivity index (χ4v) is 2.07. The molecule has 0 fully saturated rings. The van der Waals surface area contributed by atoms with E-state index >= 15 is 0 Å². The Morgan fingerprint density at radius 2 is 1.91 bits per heavy atom. The Kier molecular flexibility index (Phi) is 3.47. The molecule has 0 amide bonds. The number of alkyl halides is 3. The van der Waals surface area contributed by atoms with Crippen LogP contribution in [-0.4, -0.2) is 15.1 Å². The number of pyridine rings is 1. The molecule has 0 aliphatic heterocycles. The van der Waals surface area contributed by atoms with Crippen LogP contribution in [-0.2, 0) is 6.18 Å². The van der Waals surface area contributed by atoms with Gasteiger partial charge in [0.25, 0.3) is 0 Å². The Balaban J connectivity index is 2.15. The molecule has 0 saturated carbocycles. The fraction of sp³-hybridized carbons (Fsp3) is 0.0714. The highest BCUT2D eigenvalue weighted by molar-refractivity contribution is 5.71. The quantitative estimate of drug-likeness (QED) is 0.734. The summed E-state index contributed by atoms with van der Waals surface area (Å²) in [6.45, 7) is 0. The summed E-state index contributed by atoms with van der Waals surface area (Å²) in [7, 11) is 0. The van der Waals surface area contributed by atoms with Gasteiger partial charge in [0.2, 0.25) is 0 Å². The Labute approximate surface area is 125 Å². The molecule has 118 valence electrons. The summed E-state index contributed by atoms with van der Waals surface area (Å²) in [5.41, 5.74) is -1.06. The van der Waals surface area contributed by atoms with E-state index in [1.165, 1.54) is 18.3 Å². The molecule has 3 rings (SSSR count). The standard InChI is InChI=1S/C14H7F4N3O2/c15-8-1-2-9(10(6-8)14(16,17)18)7-3-4-19-11(5-7)12-20-13(22)23-21-12/h1-6H,(H,20,21,22). The van der Waals surface area contributed by atoms with Gasteiger partial charge in [0.15, 0.2) is 5.82 Å². The number of hydrogen-bond donors (Lipinski definition) is 1. The lowest BCUT2D eigenvalue weighted by molar-refractivity contribution is -0.137. The van der Waals surface area contributed by atoms with Crippen LogP contribution in [0.3, 0.4) is 0 Å². The molecule has 2 aromatic heterocycles. The van der Waals surface area contributed by atoms with Crippen molar-refractivity contribution >= 4 is 0 Å². The first-order valence-corrected chi connectivity index (χ1v) is 6.23. The number of aromatic nitrogens is 3. The van der Waals surface area contributed by atoms with Crippen molar-refractivity contribution in [1.82, 2.24) is 15.1 Å². The summed E-state index contributed by atoms with van der Waals surface area (Å²) in [6.07, 6.45) is -3.47. The van der Waals surface area contributed by atoms with Crippen molar-refractivity contribution in [2.45, 2.75) is 6.18 Å². The number of nitrogens with one attached hydrogen (secondary N) is 1. The number of nitrogens with zero attached hydrogens (tertiary/aromatic N) is 2. The molecule has 5 nitrogen and oxygen atoms in total. The van der Waals surface area contributed by atoms with Crippen LogP contribution in [0, 0.1) is 5.82 Å². The summed E-state index contributed by atoms with van der Waals surface area (Å²) < 4.78 is 56.8. The smallest absolute Gasteiger partial charge is 0.321 e. The van der Waals surface area contributed by atoms with Crippen molar-refractivity contribution in [3.63, 3.8) is 0 Å². The molecule has 2 heterocycles. The first-order valence-electron chi connectivity index (χ1n) is 6.23. The van der Waals surface area contributed by atoms with Gasteiger partial charge in [-0.2, -0.15) is 23.3 Å². The normalized spacial score (nSPS) is 11.7. The predicted octanol–water partition coefficient (Wildman–Crippen LogP) is 3.25. The molecule has 0 atom stereocenters. The highest BCUT2D eigenvalue weighted by Crippen LogP contribution is 2.37. The van der Waals surface area contributed by atoms with Crippen molar-refractivity contribution in [2.75, 3.05) is 0 Å². The van der Waals surface area contributed by atoms with Gasteiger partial charge in [-0.3, -0.25) is 4.98 Å². The number of hydrogen-bond acceptors (Lipinski definition) is 4. The van der Waals surface area contributed by atoms with Gasteiger partial charge in [-0.1, -0.05) is 6.07 Å². The van der Waals surface area contributed by atoms with Crippen LogP contribution in [0.4, 0.5) is 17.6 Å². The molecule has 0 spiro atoms. The van der Waals surface area contributed by atoms with E-state index < -0.39 is 23.3 Å². The number of H-pyrrole nitrogens is 1. The summed E-state index contributed by atoms with van der Waals surface area (Å²) >= 11 is 0. The zero-order valence-electron chi connectivity index (χ0n) is 11.2. The third-order valence-electron chi connectivity index (χ3n) is 3.04. The van der Waals surface area contributed by atoms with Crippen molar-refractivity contribution < 1.29 is 22.1 Å². The molecular formula is C14H7F4N3O2. The van der Waals surface area contributed by atoms with Crippen LogP contribution < -0.4 is 5.76 Å². The zero-order valence-corrected chi connectivity index (χ0v) is 11.2. The SMILES string of the molecule is O=c1nc(-c2cc(-c3ccc(F)cc3C(F)(F)F)ccn2)[nH]o1. The molecule has 3 aromatic rings. The average Bonchev–Trinajstić information content (AvgIpc) is 2.93. The van der Waals surface area contributed by atoms with Gasteiger partial charge < -0.3 is 4.52 Å². The van der Waals surface area contributed by atoms with E-state index in [4.69, 9.17) is 0 Å². The third kappa shape index (κ3) is 2.98. The largest absolute Gasteiger partial charge is 0.460 e. The minimum atomic E-state index is -4.72. The van der Waals surface area contributed by atoms with Crippen LogP contribution in [0.5, 0.6) is 0 Å². The Bertz CT molecular complexity index is 915. The zero-order chi connectivity index (χ0) is 16.6. The molecule has 0 aliphatic rings. The number of rotatable bonds is 2. The van der Waals surface area contributed by atoms with E-state index in [0.717, 1.165) is 12.1 Å². The molecule has 0 aliphatic carbocycles. The van der Waals surface area contributed by atoms with Gasteiger partial charge in [-0.25, -0.2) is 9.18 Å². The van der Waals surface area contributed by atoms with Crippen molar-refractivity contribution in [3.05, 3.63) is 58.5 Å². The van der Waals surface area contributed by atoms with Crippen LogP contribution >= 0.6 is 0 Å². The summed E-state index contributed by atoms with van der Waals surface area (Å²) in [5.74, 6) is -1.89. The molecule has 0 bridgehead atoms. The second-order valence-corrected chi connectivity index (χ2v) is 4.55. The molecule has 0 unspecified atom stereocenters. The van der Waals surface area contributed by atoms with Gasteiger partial charge in [0.05, 0.1) is 5.56 Å². The maximum Gasteiger partial charge on any atom is 0.460 e. The Morgan fingerprint density at radius 3 is 2.57 bits per heavy atom. The van der Waals surface area contributed by atoms with E-state index in [-0.39, 0.29) is 22.6 Å². The number of halogens is 4. The number of benzene rings is 1. The first-order chi connectivity index (χ1) is 10.8. The summed E-state index contributed by atoms with van der Waals surface area (Å²) in [5, 5.41) is 2.21. The van der Waals surface area contributed by atoms with Gasteiger partial charge in [0.1, 0.15) is 11.5 Å². The van der Waals surface area contributed by atoms with Gasteiger partial charge >= 0.3 is 11.9 Å². The monoisotopic (exact) mass is 325 g/mol. The summed E-state index contributed by atoms with van der Waals surface area (Å²) in [6, 6.07) is 5.01. The maximum atomic E-state index is 13.2. The van der Waals surface area contributed by atoms with E-state index in [9.17, 15) is 22.4 Å². The fourth-order valence-electron chi connectivity index (χ4n) is 2.07. The van der Waals surface area contributed by atoms with Gasteiger partial charge in [-0.15, -0.1) is 0 Å². The molecule has 9 heteroatoms. The van der Waals surface area contributed by atoms with Crippen LogP contribution in [0.1, 0.15) is 5.56 Å². The van der Waals surface area contributed by atoms with Gasteiger partial charge in [-0.05, 0) is 35.4 Å². The van der Waals surface area contributed by atoms with E-state index in [1.54, 1.807) is 0 Å². The predicted molar refractivity (Wildman–Crippen MR) is 70.8 cm³/mol. The topological polar surface area (TPSA) is 71.8 Å². The minimum Gasteiger partial charge on any atom is -0.321 e. The van der Waals surface area contributed by atoms with E-state index in [1.807, 2.05) is 0 Å². The highest BCUT2D eigenvalue weighted by atomic mass is 19.4. The van der Waals surface area contributed by atoms with Crippen LogP contribution in [0.2, 0.25) is 0 Å². The molecule has 1 aromatic carbocycles. The lowest BCUT2D eigenvalue weighted by Gasteiger charge is -2.13. The second-order valence-electron chi connectivity index (χ2n) is 4.55. The third-order valence-corrected chi connectivity index (χ3v) is 3.04. The van der Waals surface area contributed by atoms with Crippen LogP contribution in [0.25, 0.3) is 22.6 Å².